The minimum Gasteiger partial charge on any atom is -0.409 e. The number of carbonyl (C=O) groups is 1. The summed E-state index contributed by atoms with van der Waals surface area (Å²) in [6, 6.07) is 1.62. The second kappa shape index (κ2) is 6.21. The summed E-state index contributed by atoms with van der Waals surface area (Å²) < 4.78 is 1.58. The molecule has 1 atom stereocenters. The maximum absolute atomic E-state index is 12.3. The molecule has 1 aromatic heterocycles. The van der Waals surface area contributed by atoms with Gasteiger partial charge in [-0.05, 0) is 19.4 Å². The number of hydrogen-bond acceptors (Lipinski definition) is 4. The first-order chi connectivity index (χ1) is 8.90. The van der Waals surface area contributed by atoms with Gasteiger partial charge in [0.1, 0.15) is 11.5 Å². The molecule has 0 spiro atoms. The fourth-order valence-corrected chi connectivity index (χ4v) is 1.76. The van der Waals surface area contributed by atoms with E-state index in [-0.39, 0.29) is 17.8 Å². The number of oxime groups is 1. The number of nitrogens with zero attached hydrogens (tertiary/aromatic N) is 4. The fraction of sp³-hybridized carbons (Fsp3) is 0.583. The zero-order chi connectivity index (χ0) is 14.6. The standard InChI is InChI=1S/C12H21N5O2/c1-5-9-7-10(17(4)14-9)12(18)16(3)8(2)6-11(13)15-19/h7-8,19H,5-6H2,1-4H3,(H2,13,15). The monoisotopic (exact) mass is 267 g/mol. The zero-order valence-corrected chi connectivity index (χ0v) is 11.8. The van der Waals surface area contributed by atoms with Crippen molar-refractivity contribution in [2.24, 2.45) is 17.9 Å². The van der Waals surface area contributed by atoms with E-state index in [0.29, 0.717) is 12.1 Å². The minimum absolute atomic E-state index is 0.103. The normalized spacial score (nSPS) is 13.4. The molecule has 0 aromatic carbocycles. The predicted octanol–water partition coefficient (Wildman–Crippen LogP) is 0.579. The van der Waals surface area contributed by atoms with Gasteiger partial charge in [-0.1, -0.05) is 12.1 Å². The molecule has 19 heavy (non-hydrogen) atoms. The van der Waals surface area contributed by atoms with Crippen LogP contribution in [0.3, 0.4) is 0 Å². The van der Waals surface area contributed by atoms with E-state index in [1.165, 1.54) is 0 Å². The molecule has 0 bridgehead atoms. The third-order valence-electron chi connectivity index (χ3n) is 3.13. The predicted molar refractivity (Wildman–Crippen MR) is 72.2 cm³/mol. The Labute approximate surface area is 112 Å². The largest absolute Gasteiger partial charge is 0.409 e. The van der Waals surface area contributed by atoms with E-state index in [9.17, 15) is 4.79 Å². The molecule has 0 aliphatic carbocycles. The highest BCUT2D eigenvalue weighted by Crippen LogP contribution is 2.10. The molecule has 0 aliphatic heterocycles. The maximum atomic E-state index is 12.3. The third kappa shape index (κ3) is 3.46. The van der Waals surface area contributed by atoms with Crippen molar-refractivity contribution in [1.82, 2.24) is 14.7 Å². The summed E-state index contributed by atoms with van der Waals surface area (Å²) in [6.45, 7) is 3.83. The molecular weight excluding hydrogens is 246 g/mol. The lowest BCUT2D eigenvalue weighted by molar-refractivity contribution is 0.0736. The first-order valence-corrected chi connectivity index (χ1v) is 6.17. The first kappa shape index (κ1) is 15.0. The summed E-state index contributed by atoms with van der Waals surface area (Å²) in [5.41, 5.74) is 6.86. The average Bonchev–Trinajstić information content (AvgIpc) is 2.77. The molecule has 0 fully saturated rings. The molecule has 1 heterocycles. The molecule has 0 saturated carbocycles. The summed E-state index contributed by atoms with van der Waals surface area (Å²) in [5, 5.41) is 15.7. The third-order valence-corrected chi connectivity index (χ3v) is 3.13. The van der Waals surface area contributed by atoms with Crippen molar-refractivity contribution in [3.05, 3.63) is 17.5 Å². The Morgan fingerprint density at radius 2 is 2.32 bits per heavy atom. The number of hydrogen-bond donors (Lipinski definition) is 2. The fourth-order valence-electron chi connectivity index (χ4n) is 1.76. The molecule has 1 unspecified atom stereocenters. The number of carbonyl (C=O) groups excluding carboxylic acids is 1. The van der Waals surface area contributed by atoms with E-state index in [4.69, 9.17) is 10.9 Å². The number of nitrogens with two attached hydrogens (primary N) is 1. The van der Waals surface area contributed by atoms with Gasteiger partial charge in [-0.3, -0.25) is 9.48 Å². The van der Waals surface area contributed by atoms with E-state index >= 15 is 0 Å². The van der Waals surface area contributed by atoms with Gasteiger partial charge in [0.2, 0.25) is 0 Å². The molecule has 7 heteroatoms. The van der Waals surface area contributed by atoms with Gasteiger partial charge in [0.25, 0.3) is 5.91 Å². The van der Waals surface area contributed by atoms with Gasteiger partial charge in [-0.2, -0.15) is 5.10 Å². The lowest BCUT2D eigenvalue weighted by Gasteiger charge is -2.24. The van der Waals surface area contributed by atoms with E-state index in [1.54, 1.807) is 29.7 Å². The molecule has 106 valence electrons. The van der Waals surface area contributed by atoms with Crippen molar-refractivity contribution in [2.45, 2.75) is 32.7 Å². The molecule has 1 rings (SSSR count). The quantitative estimate of drug-likeness (QED) is 0.353. The molecule has 0 radical (unpaired) electrons. The van der Waals surface area contributed by atoms with Crippen LogP contribution in [0.25, 0.3) is 0 Å². The Morgan fingerprint density at radius 1 is 1.68 bits per heavy atom. The smallest absolute Gasteiger partial charge is 0.272 e. The SMILES string of the molecule is CCc1cc(C(=O)N(C)C(C)CC(N)=NO)n(C)n1. The molecule has 1 aromatic rings. The van der Waals surface area contributed by atoms with Crippen LogP contribution in [0.1, 0.15) is 36.5 Å². The number of aryl methyl sites for hydroxylation is 2. The highest BCUT2D eigenvalue weighted by atomic mass is 16.4. The summed E-state index contributed by atoms with van der Waals surface area (Å²) in [7, 11) is 3.44. The van der Waals surface area contributed by atoms with Crippen LogP contribution in [-0.4, -0.2) is 44.7 Å². The molecule has 1 amide bonds. The van der Waals surface area contributed by atoms with E-state index < -0.39 is 0 Å². The Morgan fingerprint density at radius 3 is 2.79 bits per heavy atom. The second-order valence-electron chi connectivity index (χ2n) is 4.56. The van der Waals surface area contributed by atoms with Crippen molar-refractivity contribution in [1.29, 1.82) is 0 Å². The van der Waals surface area contributed by atoms with E-state index in [2.05, 4.69) is 10.3 Å². The van der Waals surface area contributed by atoms with Crippen LogP contribution < -0.4 is 5.73 Å². The van der Waals surface area contributed by atoms with Gasteiger partial charge >= 0.3 is 0 Å². The van der Waals surface area contributed by atoms with Crippen molar-refractivity contribution < 1.29 is 10.0 Å². The summed E-state index contributed by atoms with van der Waals surface area (Å²) in [5.74, 6) is -0.0284. The number of rotatable bonds is 5. The van der Waals surface area contributed by atoms with Crippen molar-refractivity contribution in [2.75, 3.05) is 7.05 Å². The number of amides is 1. The molecule has 7 nitrogen and oxygen atoms in total. The van der Waals surface area contributed by atoms with Crippen molar-refractivity contribution in [3.63, 3.8) is 0 Å². The van der Waals surface area contributed by atoms with Crippen molar-refractivity contribution >= 4 is 11.7 Å². The number of aromatic nitrogens is 2. The van der Waals surface area contributed by atoms with Gasteiger partial charge in [-0.15, -0.1) is 0 Å². The zero-order valence-electron chi connectivity index (χ0n) is 11.8. The van der Waals surface area contributed by atoms with Gasteiger partial charge in [0.15, 0.2) is 0 Å². The van der Waals surface area contributed by atoms with Crippen molar-refractivity contribution in [3.8, 4) is 0 Å². The number of amidine groups is 1. The average molecular weight is 267 g/mol. The van der Waals surface area contributed by atoms with Crippen LogP contribution in [0.4, 0.5) is 0 Å². The van der Waals surface area contributed by atoms with Crippen LogP contribution in [0.2, 0.25) is 0 Å². The van der Waals surface area contributed by atoms with E-state index in [1.807, 2.05) is 13.8 Å². The highest BCUT2D eigenvalue weighted by Gasteiger charge is 2.21. The van der Waals surface area contributed by atoms with E-state index in [0.717, 1.165) is 12.1 Å². The lowest BCUT2D eigenvalue weighted by atomic mass is 10.2. The Kier molecular flexibility index (Phi) is 4.91. The molecule has 0 aliphatic rings. The Hall–Kier alpha value is -2.05. The Bertz CT molecular complexity index is 480. The van der Waals surface area contributed by atoms with Crippen LogP contribution >= 0.6 is 0 Å². The van der Waals surface area contributed by atoms with Crippen LogP contribution in [0.5, 0.6) is 0 Å². The topological polar surface area (TPSA) is 96.7 Å². The first-order valence-electron chi connectivity index (χ1n) is 6.17. The van der Waals surface area contributed by atoms with Crippen LogP contribution in [-0.2, 0) is 13.5 Å². The summed E-state index contributed by atoms with van der Waals surface area (Å²) in [6.07, 6.45) is 1.10. The van der Waals surface area contributed by atoms with Crippen LogP contribution in [0.15, 0.2) is 11.2 Å². The van der Waals surface area contributed by atoms with Gasteiger partial charge in [-0.25, -0.2) is 0 Å². The molecule has 0 saturated heterocycles. The Balaban J connectivity index is 2.83. The maximum Gasteiger partial charge on any atom is 0.272 e. The van der Waals surface area contributed by atoms with Gasteiger partial charge in [0.05, 0.1) is 5.69 Å². The summed E-state index contributed by atoms with van der Waals surface area (Å²) >= 11 is 0. The van der Waals surface area contributed by atoms with Gasteiger partial charge < -0.3 is 15.8 Å². The van der Waals surface area contributed by atoms with Gasteiger partial charge in [0, 0.05) is 26.6 Å². The van der Waals surface area contributed by atoms with Crippen LogP contribution in [0, 0.1) is 0 Å². The highest BCUT2D eigenvalue weighted by molar-refractivity contribution is 5.93. The molecular formula is C12H21N5O2. The minimum atomic E-state index is -0.164. The summed E-state index contributed by atoms with van der Waals surface area (Å²) in [4.78, 5) is 13.9. The molecule has 3 N–H and O–H groups in total. The lowest BCUT2D eigenvalue weighted by Crippen LogP contribution is -2.38. The second-order valence-corrected chi connectivity index (χ2v) is 4.56.